The number of nitrogens with one attached hydrogen (secondary N) is 1. The third-order valence-corrected chi connectivity index (χ3v) is 4.04. The lowest BCUT2D eigenvalue weighted by Crippen LogP contribution is -2.30. The van der Waals surface area contributed by atoms with Gasteiger partial charge in [-0.3, -0.25) is 4.68 Å². The standard InChI is InChI=1S/C14H26ClN3/c1-6-11-14(15)13(18(5)17-11)9-7-8-12(16-4)10(2)3/h10,12,16H,6-9H2,1-5H3. The van der Waals surface area contributed by atoms with Crippen molar-refractivity contribution >= 4 is 11.6 Å². The predicted molar refractivity (Wildman–Crippen MR) is 78.2 cm³/mol. The fourth-order valence-electron chi connectivity index (χ4n) is 2.39. The molecule has 0 saturated carbocycles. The van der Waals surface area contributed by atoms with Crippen LogP contribution in [0.5, 0.6) is 0 Å². The van der Waals surface area contributed by atoms with Crippen LogP contribution in [0.1, 0.15) is 45.0 Å². The van der Waals surface area contributed by atoms with E-state index in [1.807, 2.05) is 18.8 Å². The molecule has 0 amide bonds. The Morgan fingerprint density at radius 3 is 2.50 bits per heavy atom. The van der Waals surface area contributed by atoms with Crippen molar-refractivity contribution in [3.05, 3.63) is 16.4 Å². The second-order valence-corrected chi connectivity index (χ2v) is 5.59. The Bertz CT molecular complexity index is 371. The monoisotopic (exact) mass is 271 g/mol. The van der Waals surface area contributed by atoms with E-state index >= 15 is 0 Å². The van der Waals surface area contributed by atoms with Crippen LogP contribution in [0.3, 0.4) is 0 Å². The smallest absolute Gasteiger partial charge is 0.0849 e. The largest absolute Gasteiger partial charge is 0.317 e. The van der Waals surface area contributed by atoms with Gasteiger partial charge in [0.1, 0.15) is 0 Å². The summed E-state index contributed by atoms with van der Waals surface area (Å²) in [6.07, 6.45) is 4.23. The van der Waals surface area contributed by atoms with Gasteiger partial charge < -0.3 is 5.32 Å². The van der Waals surface area contributed by atoms with Gasteiger partial charge in [0.05, 0.1) is 16.4 Å². The van der Waals surface area contributed by atoms with Crippen LogP contribution in [-0.4, -0.2) is 22.9 Å². The highest BCUT2D eigenvalue weighted by Crippen LogP contribution is 2.23. The molecule has 1 aromatic rings. The molecule has 0 spiro atoms. The summed E-state index contributed by atoms with van der Waals surface area (Å²) in [6, 6.07) is 0.586. The van der Waals surface area contributed by atoms with E-state index in [2.05, 4.69) is 31.2 Å². The van der Waals surface area contributed by atoms with Crippen molar-refractivity contribution in [3.63, 3.8) is 0 Å². The molecular formula is C14H26ClN3. The van der Waals surface area contributed by atoms with Crippen molar-refractivity contribution in [2.45, 2.75) is 52.5 Å². The SMILES string of the molecule is CCc1nn(C)c(CCCC(NC)C(C)C)c1Cl. The predicted octanol–water partition coefficient (Wildman–Crippen LogP) is 3.20. The molecule has 0 aliphatic rings. The highest BCUT2D eigenvalue weighted by Gasteiger charge is 2.14. The average molecular weight is 272 g/mol. The first-order valence-corrected chi connectivity index (χ1v) is 7.26. The zero-order chi connectivity index (χ0) is 13.7. The summed E-state index contributed by atoms with van der Waals surface area (Å²) in [6.45, 7) is 6.61. The van der Waals surface area contributed by atoms with E-state index in [-0.39, 0.29) is 0 Å². The Morgan fingerprint density at radius 2 is 2.06 bits per heavy atom. The van der Waals surface area contributed by atoms with Gasteiger partial charge in [-0.2, -0.15) is 5.10 Å². The van der Waals surface area contributed by atoms with Gasteiger partial charge in [-0.25, -0.2) is 0 Å². The Balaban J connectivity index is 2.56. The number of aromatic nitrogens is 2. The molecule has 4 heteroatoms. The highest BCUT2D eigenvalue weighted by molar-refractivity contribution is 6.31. The van der Waals surface area contributed by atoms with E-state index in [4.69, 9.17) is 11.6 Å². The minimum Gasteiger partial charge on any atom is -0.317 e. The van der Waals surface area contributed by atoms with Gasteiger partial charge in [0.15, 0.2) is 0 Å². The lowest BCUT2D eigenvalue weighted by Gasteiger charge is -2.19. The Kier molecular flexibility index (Phi) is 6.16. The molecule has 0 saturated heterocycles. The third kappa shape index (κ3) is 3.72. The van der Waals surface area contributed by atoms with Crippen LogP contribution in [0.25, 0.3) is 0 Å². The van der Waals surface area contributed by atoms with Crippen LogP contribution in [0, 0.1) is 5.92 Å². The van der Waals surface area contributed by atoms with Crippen LogP contribution in [-0.2, 0) is 19.9 Å². The Hall–Kier alpha value is -0.540. The van der Waals surface area contributed by atoms with Crippen LogP contribution in [0.2, 0.25) is 5.02 Å². The van der Waals surface area contributed by atoms with E-state index in [9.17, 15) is 0 Å². The van der Waals surface area contributed by atoms with Crippen LogP contribution < -0.4 is 5.32 Å². The first-order chi connectivity index (χ1) is 8.51. The van der Waals surface area contributed by atoms with Crippen LogP contribution >= 0.6 is 11.6 Å². The molecule has 104 valence electrons. The maximum Gasteiger partial charge on any atom is 0.0849 e. The molecule has 1 atom stereocenters. The van der Waals surface area contributed by atoms with Crippen molar-refractivity contribution in [1.82, 2.24) is 15.1 Å². The van der Waals surface area contributed by atoms with E-state index < -0.39 is 0 Å². The zero-order valence-corrected chi connectivity index (χ0v) is 13.0. The molecule has 1 N–H and O–H groups in total. The molecule has 0 aliphatic carbocycles. The van der Waals surface area contributed by atoms with Crippen molar-refractivity contribution in [3.8, 4) is 0 Å². The average Bonchev–Trinajstić information content (AvgIpc) is 2.60. The van der Waals surface area contributed by atoms with E-state index in [0.29, 0.717) is 12.0 Å². The van der Waals surface area contributed by atoms with Crippen molar-refractivity contribution < 1.29 is 0 Å². The Morgan fingerprint density at radius 1 is 1.39 bits per heavy atom. The number of rotatable bonds is 7. The number of hydrogen-bond acceptors (Lipinski definition) is 2. The minimum atomic E-state index is 0.586. The van der Waals surface area contributed by atoms with Crippen LogP contribution in [0.4, 0.5) is 0 Å². The molecule has 1 aromatic heterocycles. The van der Waals surface area contributed by atoms with Crippen molar-refractivity contribution in [1.29, 1.82) is 0 Å². The molecule has 3 nitrogen and oxygen atoms in total. The topological polar surface area (TPSA) is 29.9 Å². The summed E-state index contributed by atoms with van der Waals surface area (Å²) in [5.41, 5.74) is 2.19. The number of hydrogen-bond donors (Lipinski definition) is 1. The summed E-state index contributed by atoms with van der Waals surface area (Å²) in [4.78, 5) is 0. The lowest BCUT2D eigenvalue weighted by molar-refractivity contribution is 0.392. The quantitative estimate of drug-likeness (QED) is 0.825. The molecule has 0 bridgehead atoms. The lowest BCUT2D eigenvalue weighted by atomic mass is 9.98. The minimum absolute atomic E-state index is 0.586. The summed E-state index contributed by atoms with van der Waals surface area (Å²) in [5.74, 6) is 0.670. The van der Waals surface area contributed by atoms with Gasteiger partial charge >= 0.3 is 0 Å². The summed E-state index contributed by atoms with van der Waals surface area (Å²) in [7, 11) is 4.02. The molecule has 0 fully saturated rings. The van der Waals surface area contributed by atoms with Crippen molar-refractivity contribution in [2.75, 3.05) is 7.05 Å². The number of nitrogens with zero attached hydrogens (tertiary/aromatic N) is 2. The highest BCUT2D eigenvalue weighted by atomic mass is 35.5. The molecule has 1 rings (SSSR count). The molecular weight excluding hydrogens is 246 g/mol. The summed E-state index contributed by atoms with van der Waals surface area (Å²) >= 11 is 6.34. The van der Waals surface area contributed by atoms with Crippen LogP contribution in [0.15, 0.2) is 0 Å². The van der Waals surface area contributed by atoms with Gasteiger partial charge in [-0.15, -0.1) is 0 Å². The molecule has 0 radical (unpaired) electrons. The van der Waals surface area contributed by atoms with Gasteiger partial charge in [0, 0.05) is 13.1 Å². The maximum absolute atomic E-state index is 6.34. The first kappa shape index (κ1) is 15.5. The van der Waals surface area contributed by atoms with E-state index in [1.165, 1.54) is 12.1 Å². The summed E-state index contributed by atoms with van der Waals surface area (Å²) < 4.78 is 1.94. The van der Waals surface area contributed by atoms with E-state index in [1.54, 1.807) is 0 Å². The van der Waals surface area contributed by atoms with Gasteiger partial charge in [0.2, 0.25) is 0 Å². The number of halogens is 1. The number of aryl methyl sites for hydroxylation is 2. The zero-order valence-electron chi connectivity index (χ0n) is 12.3. The second-order valence-electron chi connectivity index (χ2n) is 5.22. The summed E-state index contributed by atoms with van der Waals surface area (Å²) in [5, 5.41) is 8.69. The fraction of sp³-hybridized carbons (Fsp3) is 0.786. The van der Waals surface area contributed by atoms with Gasteiger partial charge in [-0.1, -0.05) is 32.4 Å². The second kappa shape index (κ2) is 7.15. The first-order valence-electron chi connectivity index (χ1n) is 6.88. The Labute approximate surface area is 116 Å². The maximum atomic E-state index is 6.34. The van der Waals surface area contributed by atoms with Crippen molar-refractivity contribution in [2.24, 2.45) is 13.0 Å². The fourth-order valence-corrected chi connectivity index (χ4v) is 2.78. The molecule has 1 unspecified atom stereocenters. The molecule has 18 heavy (non-hydrogen) atoms. The molecule has 1 heterocycles. The van der Waals surface area contributed by atoms with Gasteiger partial charge in [0.25, 0.3) is 0 Å². The molecule has 0 aliphatic heterocycles. The third-order valence-electron chi connectivity index (χ3n) is 3.61. The van der Waals surface area contributed by atoms with E-state index in [0.717, 1.165) is 30.0 Å². The van der Waals surface area contributed by atoms with Gasteiger partial charge in [-0.05, 0) is 38.6 Å². The molecule has 0 aromatic carbocycles. The normalized spacial score (nSPS) is 13.3.